The molecule has 4 atom stereocenters. The normalized spacial score (nSPS) is 20.0. The van der Waals surface area contributed by atoms with E-state index in [4.69, 9.17) is 0 Å². The van der Waals surface area contributed by atoms with Gasteiger partial charge in [-0.1, -0.05) is 105 Å². The van der Waals surface area contributed by atoms with Crippen molar-refractivity contribution in [1.82, 2.24) is 0 Å². The van der Waals surface area contributed by atoms with Crippen LogP contribution in [0.2, 0.25) is 10.6 Å². The molecule has 23 heavy (non-hydrogen) atoms. The van der Waals surface area contributed by atoms with Gasteiger partial charge in [0.05, 0.1) is 21.4 Å². The highest BCUT2D eigenvalue weighted by atomic mass is 14.1. The number of allylic oxidation sites excluding steroid dienone is 4. The van der Waals surface area contributed by atoms with E-state index >= 15 is 0 Å². The van der Waals surface area contributed by atoms with Crippen LogP contribution in [-0.4, -0.2) is 21.4 Å². The lowest BCUT2D eigenvalue weighted by Gasteiger charge is -2.27. The van der Waals surface area contributed by atoms with E-state index < -0.39 is 0 Å². The maximum Gasteiger partial charge on any atom is 0.0907 e. The summed E-state index contributed by atoms with van der Waals surface area (Å²) < 4.78 is 0. The molecule has 0 heterocycles. The van der Waals surface area contributed by atoms with Crippen molar-refractivity contribution < 1.29 is 0 Å². The molecule has 0 aromatic rings. The Bertz CT molecular complexity index is 330. The fraction of sp³-hybridized carbons (Fsp3) is 0.800. The van der Waals surface area contributed by atoms with Crippen LogP contribution in [0.15, 0.2) is 24.3 Å². The molecule has 0 aromatic carbocycles. The average Bonchev–Trinajstić information content (AvgIpc) is 2.57. The van der Waals surface area contributed by atoms with Gasteiger partial charge in [-0.2, -0.15) is 0 Å². The van der Waals surface area contributed by atoms with E-state index in [2.05, 4.69) is 79.7 Å². The second kappa shape index (κ2) is 11.3. The second-order valence-electron chi connectivity index (χ2n) is 8.36. The zero-order chi connectivity index (χ0) is 17.9. The monoisotopic (exact) mass is 314 g/mol. The molecular formula is C20H41B3. The van der Waals surface area contributed by atoms with Gasteiger partial charge in [0.1, 0.15) is 0 Å². The van der Waals surface area contributed by atoms with Crippen LogP contribution in [0.4, 0.5) is 0 Å². The van der Waals surface area contributed by atoms with E-state index in [1.165, 1.54) is 47.1 Å². The molecule has 0 nitrogen and oxygen atoms in total. The number of hydrogen-bond acceptors (Lipinski definition) is 0. The Balaban J connectivity index is 4.62. The fourth-order valence-corrected chi connectivity index (χ4v) is 2.72. The number of rotatable bonds is 12. The standard InChI is InChI=1S/C20H41B3/c1-9-17(5)13-15-19(7,11-3)21-23-22-20(8,12-4)16-14-18(6)10-2/h13-18,21-23H,9-12H2,1-8H3/b15-13+,16-14+. The van der Waals surface area contributed by atoms with Gasteiger partial charge in [0.2, 0.25) is 0 Å². The molecule has 0 aliphatic carbocycles. The van der Waals surface area contributed by atoms with Crippen molar-refractivity contribution in [3.8, 4) is 0 Å². The summed E-state index contributed by atoms with van der Waals surface area (Å²) in [7, 11) is 3.94. The van der Waals surface area contributed by atoms with E-state index in [-0.39, 0.29) is 0 Å². The predicted molar refractivity (Wildman–Crippen MR) is 116 cm³/mol. The molecule has 0 amide bonds. The molecule has 0 rings (SSSR count). The van der Waals surface area contributed by atoms with Crippen molar-refractivity contribution in [2.45, 2.75) is 91.7 Å². The van der Waals surface area contributed by atoms with Crippen LogP contribution < -0.4 is 0 Å². The van der Waals surface area contributed by atoms with Crippen LogP contribution in [0, 0.1) is 11.8 Å². The molecular weight excluding hydrogens is 273 g/mol. The van der Waals surface area contributed by atoms with Gasteiger partial charge in [-0.15, -0.1) is 0 Å². The third-order valence-electron chi connectivity index (χ3n) is 6.05. The van der Waals surface area contributed by atoms with E-state index in [1.54, 1.807) is 0 Å². The van der Waals surface area contributed by atoms with Crippen LogP contribution in [-0.2, 0) is 0 Å². The zero-order valence-electron chi connectivity index (χ0n) is 17.4. The summed E-state index contributed by atoms with van der Waals surface area (Å²) in [6.07, 6.45) is 14.8. The van der Waals surface area contributed by atoms with E-state index in [0.717, 1.165) is 0 Å². The summed E-state index contributed by atoms with van der Waals surface area (Å²) in [6, 6.07) is 0. The molecule has 0 radical (unpaired) electrons. The Morgan fingerprint density at radius 2 is 1.09 bits per heavy atom. The molecule has 0 aromatic heterocycles. The number of hydrogen-bond donors (Lipinski definition) is 0. The Morgan fingerprint density at radius 3 is 1.35 bits per heavy atom. The van der Waals surface area contributed by atoms with Gasteiger partial charge in [0.25, 0.3) is 0 Å². The summed E-state index contributed by atoms with van der Waals surface area (Å²) in [5.74, 6) is 1.42. The highest BCUT2D eigenvalue weighted by molar-refractivity contribution is 7.30. The first-order valence-corrected chi connectivity index (χ1v) is 10.1. The van der Waals surface area contributed by atoms with E-state index in [9.17, 15) is 0 Å². The van der Waals surface area contributed by atoms with Crippen LogP contribution in [0.1, 0.15) is 81.1 Å². The van der Waals surface area contributed by atoms with Crippen LogP contribution in [0.3, 0.4) is 0 Å². The lowest BCUT2D eigenvalue weighted by molar-refractivity contribution is 0.668. The van der Waals surface area contributed by atoms with Gasteiger partial charge in [0, 0.05) is 0 Å². The molecule has 0 N–H and O–H groups in total. The first-order valence-electron chi connectivity index (χ1n) is 10.1. The van der Waals surface area contributed by atoms with Gasteiger partial charge in [-0.05, 0) is 22.5 Å². The molecule has 4 unspecified atom stereocenters. The van der Waals surface area contributed by atoms with Crippen LogP contribution in [0.25, 0.3) is 0 Å². The topological polar surface area (TPSA) is 0 Å². The molecule has 0 saturated carbocycles. The maximum atomic E-state index is 2.50. The minimum Gasteiger partial charge on any atom is -0.0908 e. The predicted octanol–water partition coefficient (Wildman–Crippen LogP) is 5.51. The Kier molecular flexibility index (Phi) is 11.1. The average molecular weight is 314 g/mol. The zero-order valence-corrected chi connectivity index (χ0v) is 17.4. The summed E-state index contributed by atoms with van der Waals surface area (Å²) in [5.41, 5.74) is 0. The van der Waals surface area contributed by atoms with Crippen molar-refractivity contribution in [2.75, 3.05) is 0 Å². The Labute approximate surface area is 149 Å². The summed E-state index contributed by atoms with van der Waals surface area (Å²) >= 11 is 0. The Morgan fingerprint density at radius 1 is 0.739 bits per heavy atom. The van der Waals surface area contributed by atoms with Gasteiger partial charge >= 0.3 is 0 Å². The third kappa shape index (κ3) is 9.53. The lowest BCUT2D eigenvalue weighted by atomic mass is 9.10. The minimum absolute atomic E-state index is 0.374. The fourth-order valence-electron chi connectivity index (χ4n) is 2.72. The summed E-state index contributed by atoms with van der Waals surface area (Å²) in [6.45, 7) is 18.7. The molecule has 0 saturated heterocycles. The van der Waals surface area contributed by atoms with Crippen molar-refractivity contribution in [3.05, 3.63) is 24.3 Å². The molecule has 130 valence electrons. The second-order valence-corrected chi connectivity index (χ2v) is 8.36. The molecule has 0 bridgehead atoms. The maximum absolute atomic E-state index is 2.50. The molecule has 0 aliphatic heterocycles. The minimum atomic E-state index is 0.374. The van der Waals surface area contributed by atoms with Crippen LogP contribution >= 0.6 is 0 Å². The first kappa shape index (κ1) is 22.7. The van der Waals surface area contributed by atoms with Gasteiger partial charge < -0.3 is 0 Å². The summed E-state index contributed by atoms with van der Waals surface area (Å²) in [4.78, 5) is 0. The van der Waals surface area contributed by atoms with Crippen molar-refractivity contribution in [3.63, 3.8) is 0 Å². The third-order valence-corrected chi connectivity index (χ3v) is 6.05. The quantitative estimate of drug-likeness (QED) is 0.329. The van der Waals surface area contributed by atoms with Crippen molar-refractivity contribution >= 4 is 21.4 Å². The Hall–Kier alpha value is -0.325. The lowest BCUT2D eigenvalue weighted by Crippen LogP contribution is -2.30. The molecule has 0 spiro atoms. The van der Waals surface area contributed by atoms with E-state index in [1.807, 2.05) is 0 Å². The highest BCUT2D eigenvalue weighted by Crippen LogP contribution is 2.33. The van der Waals surface area contributed by atoms with E-state index in [0.29, 0.717) is 22.5 Å². The first-order chi connectivity index (χ1) is 10.7. The SMILES string of the molecule is CCC(C)/C=C/C(C)(BBBC(C)(/C=C/C(C)CC)CC)CC. The smallest absolute Gasteiger partial charge is 0.0907 e. The summed E-state index contributed by atoms with van der Waals surface area (Å²) in [5, 5.41) is 0.747. The molecule has 0 fully saturated rings. The van der Waals surface area contributed by atoms with Gasteiger partial charge in [-0.3, -0.25) is 0 Å². The van der Waals surface area contributed by atoms with Crippen molar-refractivity contribution in [2.24, 2.45) is 11.8 Å². The van der Waals surface area contributed by atoms with Crippen LogP contribution in [0.5, 0.6) is 0 Å². The molecule has 0 aliphatic rings. The van der Waals surface area contributed by atoms with Gasteiger partial charge in [0.15, 0.2) is 0 Å². The van der Waals surface area contributed by atoms with Gasteiger partial charge in [-0.25, -0.2) is 0 Å². The largest absolute Gasteiger partial charge is 0.0908 e. The van der Waals surface area contributed by atoms with Crippen molar-refractivity contribution in [1.29, 1.82) is 0 Å². The highest BCUT2D eigenvalue weighted by Gasteiger charge is 2.25. The molecule has 3 heteroatoms.